The lowest BCUT2D eigenvalue weighted by Gasteiger charge is -2.39. The van der Waals surface area contributed by atoms with Gasteiger partial charge >= 0.3 is 12.2 Å². The predicted octanol–water partition coefficient (Wildman–Crippen LogP) is 5.08. The van der Waals surface area contributed by atoms with Gasteiger partial charge in [0.2, 0.25) is 5.91 Å². The van der Waals surface area contributed by atoms with Crippen molar-refractivity contribution in [2.75, 3.05) is 26.7 Å². The van der Waals surface area contributed by atoms with Gasteiger partial charge in [0.15, 0.2) is 0 Å². The third-order valence-electron chi connectivity index (χ3n) is 8.29. The highest BCUT2D eigenvalue weighted by molar-refractivity contribution is 7.99. The van der Waals surface area contributed by atoms with Gasteiger partial charge in [-0.25, -0.2) is 9.59 Å². The molecule has 0 saturated carbocycles. The Kier molecular flexibility index (Phi) is 12.0. The van der Waals surface area contributed by atoms with E-state index in [0.29, 0.717) is 48.8 Å². The Morgan fingerprint density at radius 1 is 0.843 bits per heavy atom. The van der Waals surface area contributed by atoms with Crippen LogP contribution in [0.25, 0.3) is 0 Å². The largest absolute Gasteiger partial charge is 0.497 e. The maximum absolute atomic E-state index is 13.7. The molecule has 268 valence electrons. The van der Waals surface area contributed by atoms with Crippen LogP contribution in [0.5, 0.6) is 5.75 Å². The summed E-state index contributed by atoms with van der Waals surface area (Å²) >= 11 is 1.64. The second-order valence-corrected chi connectivity index (χ2v) is 13.2. The van der Waals surface area contributed by atoms with Crippen molar-refractivity contribution in [3.63, 3.8) is 0 Å². The summed E-state index contributed by atoms with van der Waals surface area (Å²) in [7, 11) is 1.60. The van der Waals surface area contributed by atoms with Crippen molar-refractivity contribution in [3.8, 4) is 5.75 Å². The molecule has 5 rings (SSSR count). The average Bonchev–Trinajstić information content (AvgIpc) is 3.55. The first-order valence-corrected chi connectivity index (χ1v) is 17.0. The highest BCUT2D eigenvalue weighted by Crippen LogP contribution is 2.33. The van der Waals surface area contributed by atoms with E-state index in [9.17, 15) is 34.6 Å². The van der Waals surface area contributed by atoms with E-state index in [1.165, 1.54) is 53.4 Å². The molecule has 2 atom stereocenters. The summed E-state index contributed by atoms with van der Waals surface area (Å²) < 4.78 is 16.0. The average molecular weight is 721 g/mol. The summed E-state index contributed by atoms with van der Waals surface area (Å²) in [6, 6.07) is 18.0. The van der Waals surface area contributed by atoms with Crippen LogP contribution in [0.2, 0.25) is 0 Å². The molecule has 3 aromatic rings. The fraction of sp³-hybridized carbons (Fsp3) is 0.353. The standard InChI is InChI=1S/C34H36N6O10S/c1-22(36-33(42)49-19-23-3-9-27(10-4-23)39(44)45)35-26-16-37(17-26)32(41)31-15-30(51-21-25-7-13-29(48-2)14-8-25)18-38(31)34(43)50-20-24-5-11-28(12-6-24)40(46)47/h3-14,26,30-31H,15-21H2,1-2H3,(H,35,36,42)/t30-,31-/m0/s1. The van der Waals surface area contributed by atoms with E-state index in [1.807, 2.05) is 24.3 Å². The van der Waals surface area contributed by atoms with Crippen molar-refractivity contribution < 1.29 is 38.4 Å². The van der Waals surface area contributed by atoms with Gasteiger partial charge in [-0.1, -0.05) is 12.1 Å². The predicted molar refractivity (Wildman–Crippen MR) is 186 cm³/mol. The first-order valence-electron chi connectivity index (χ1n) is 15.9. The van der Waals surface area contributed by atoms with Crippen LogP contribution in [-0.2, 0) is 33.2 Å². The highest BCUT2D eigenvalue weighted by Gasteiger charge is 2.45. The maximum atomic E-state index is 13.7. The van der Waals surface area contributed by atoms with Crippen molar-refractivity contribution >= 4 is 47.1 Å². The molecule has 2 aliphatic heterocycles. The minimum atomic E-state index is -0.749. The molecule has 2 heterocycles. The molecular weight excluding hydrogens is 684 g/mol. The zero-order valence-electron chi connectivity index (χ0n) is 27.8. The van der Waals surface area contributed by atoms with E-state index in [1.54, 1.807) is 30.7 Å². The van der Waals surface area contributed by atoms with E-state index >= 15 is 0 Å². The van der Waals surface area contributed by atoms with Gasteiger partial charge in [0.25, 0.3) is 11.4 Å². The molecule has 2 saturated heterocycles. The number of carbonyl (C=O) groups excluding carboxylic acids is 3. The summed E-state index contributed by atoms with van der Waals surface area (Å²) in [5.74, 6) is 1.49. The molecule has 0 unspecified atom stereocenters. The Bertz CT molecular complexity index is 1770. The number of nitro benzene ring substituents is 2. The first kappa shape index (κ1) is 36.6. The number of carbonyl (C=O) groups is 3. The van der Waals surface area contributed by atoms with Gasteiger partial charge in [0, 0.05) is 54.9 Å². The Morgan fingerprint density at radius 3 is 1.94 bits per heavy atom. The summed E-state index contributed by atoms with van der Waals surface area (Å²) in [6.45, 7) is 2.29. The van der Waals surface area contributed by atoms with Gasteiger partial charge in [-0.2, -0.15) is 11.8 Å². The van der Waals surface area contributed by atoms with Gasteiger partial charge in [-0.05, 0) is 66.4 Å². The minimum Gasteiger partial charge on any atom is -0.497 e. The third kappa shape index (κ3) is 9.94. The number of amides is 3. The van der Waals surface area contributed by atoms with E-state index < -0.39 is 28.1 Å². The maximum Gasteiger partial charge on any atom is 0.412 e. The number of hydrogen-bond donors (Lipinski definition) is 1. The third-order valence-corrected chi connectivity index (χ3v) is 9.60. The van der Waals surface area contributed by atoms with Crippen LogP contribution in [0, 0.1) is 20.2 Å². The number of ether oxygens (including phenoxy) is 3. The number of amidine groups is 1. The molecule has 17 heteroatoms. The number of likely N-dealkylation sites (tertiary alicyclic amines) is 2. The number of nitro groups is 2. The number of rotatable bonds is 12. The van der Waals surface area contributed by atoms with Crippen molar-refractivity contribution in [1.29, 1.82) is 0 Å². The van der Waals surface area contributed by atoms with Gasteiger partial charge in [0.1, 0.15) is 30.8 Å². The van der Waals surface area contributed by atoms with Gasteiger partial charge in [-0.15, -0.1) is 0 Å². The molecular formula is C34H36N6O10S. The number of methoxy groups -OCH3 is 1. The molecule has 1 N–H and O–H groups in total. The van der Waals surface area contributed by atoms with Crippen LogP contribution in [0.4, 0.5) is 21.0 Å². The second kappa shape index (κ2) is 16.8. The number of nitrogens with one attached hydrogen (secondary N) is 1. The van der Waals surface area contributed by atoms with Gasteiger partial charge < -0.3 is 19.1 Å². The fourth-order valence-electron chi connectivity index (χ4n) is 5.51. The zero-order chi connectivity index (χ0) is 36.5. The normalized spacial score (nSPS) is 17.3. The smallest absolute Gasteiger partial charge is 0.412 e. The highest BCUT2D eigenvalue weighted by atomic mass is 32.2. The molecule has 3 amide bonds. The summed E-state index contributed by atoms with van der Waals surface area (Å²) in [4.78, 5) is 67.6. The molecule has 0 spiro atoms. The molecule has 0 radical (unpaired) electrons. The number of nitrogens with zero attached hydrogens (tertiary/aromatic N) is 5. The van der Waals surface area contributed by atoms with Crippen molar-refractivity contribution in [3.05, 3.63) is 110 Å². The topological polar surface area (TPSA) is 196 Å². The summed E-state index contributed by atoms with van der Waals surface area (Å²) in [6.07, 6.45) is -0.965. The van der Waals surface area contributed by atoms with E-state index in [4.69, 9.17) is 14.2 Å². The summed E-state index contributed by atoms with van der Waals surface area (Å²) in [5.41, 5.74) is 2.09. The molecule has 16 nitrogen and oxygen atoms in total. The molecule has 2 aliphatic rings. The lowest BCUT2D eigenvalue weighted by molar-refractivity contribution is -0.385. The van der Waals surface area contributed by atoms with E-state index in [2.05, 4.69) is 10.3 Å². The van der Waals surface area contributed by atoms with Crippen molar-refractivity contribution in [1.82, 2.24) is 15.1 Å². The Morgan fingerprint density at radius 2 is 1.39 bits per heavy atom. The monoisotopic (exact) mass is 720 g/mol. The Hall–Kier alpha value is -5.71. The van der Waals surface area contributed by atoms with Gasteiger partial charge in [-0.3, -0.25) is 40.2 Å². The SMILES string of the molecule is COc1ccc(CS[C@H]2C[C@@H](C(=O)N3CC(N=C(C)NC(=O)OCc4ccc([N+](=O)[O-])cc4)C3)N(C(=O)OCc3ccc([N+](=O)[O-])cc3)C2)cc1. The number of hydrogen-bond acceptors (Lipinski definition) is 12. The van der Waals surface area contributed by atoms with E-state index in [-0.39, 0.29) is 41.8 Å². The van der Waals surface area contributed by atoms with Crippen LogP contribution in [-0.4, -0.2) is 87.7 Å². The van der Waals surface area contributed by atoms with Crippen molar-refractivity contribution in [2.45, 2.75) is 49.6 Å². The van der Waals surface area contributed by atoms with Crippen LogP contribution < -0.4 is 10.1 Å². The number of alkyl carbamates (subject to hydrolysis) is 1. The van der Waals surface area contributed by atoms with Crippen LogP contribution in [0.1, 0.15) is 30.0 Å². The fourth-order valence-corrected chi connectivity index (χ4v) is 6.72. The number of non-ortho nitro benzene ring substituents is 2. The number of thioether (sulfide) groups is 1. The van der Waals surface area contributed by atoms with Crippen molar-refractivity contribution in [2.24, 2.45) is 4.99 Å². The molecule has 0 bridgehead atoms. The lowest BCUT2D eigenvalue weighted by Crippen LogP contribution is -2.58. The molecule has 51 heavy (non-hydrogen) atoms. The number of aliphatic imine (C=N–C) groups is 1. The number of benzene rings is 3. The quantitative estimate of drug-likeness (QED) is 0.113. The van der Waals surface area contributed by atoms with E-state index in [0.717, 1.165) is 11.3 Å². The minimum absolute atomic E-state index is 0.0356. The molecule has 3 aromatic carbocycles. The van der Waals surface area contributed by atoms with Crippen LogP contribution in [0.3, 0.4) is 0 Å². The van der Waals surface area contributed by atoms with Crippen LogP contribution in [0.15, 0.2) is 77.8 Å². The zero-order valence-corrected chi connectivity index (χ0v) is 28.7. The summed E-state index contributed by atoms with van der Waals surface area (Å²) in [5, 5.41) is 24.3. The molecule has 2 fully saturated rings. The second-order valence-electron chi connectivity index (χ2n) is 11.9. The Balaban J connectivity index is 1.14. The molecule has 0 aromatic heterocycles. The lowest BCUT2D eigenvalue weighted by atomic mass is 10.1. The Labute approximate surface area is 297 Å². The van der Waals surface area contributed by atoms with Crippen LogP contribution >= 0.6 is 11.8 Å². The molecule has 0 aliphatic carbocycles. The van der Waals surface area contributed by atoms with Gasteiger partial charge in [0.05, 0.1) is 23.0 Å². The first-order chi connectivity index (χ1) is 24.5.